The number of alkyl halides is 1. The average molecular weight is 1020 g/mol. The zero-order valence-electron chi connectivity index (χ0n) is 42.8. The number of ether oxygens (including phenoxy) is 4. The van der Waals surface area contributed by atoms with Gasteiger partial charge in [-0.15, -0.1) is 11.5 Å². The minimum absolute atomic E-state index is 0.0194. The normalized spacial score (nSPS) is 21.2. The van der Waals surface area contributed by atoms with E-state index in [0.29, 0.717) is 47.3 Å². The minimum atomic E-state index is -0.0573. The number of benzene rings is 2. The number of hydrogen-bond donors (Lipinski definition) is 1. The molecule has 0 bridgehead atoms. The van der Waals surface area contributed by atoms with Crippen LogP contribution in [0.5, 0.6) is 11.5 Å². The van der Waals surface area contributed by atoms with Crippen molar-refractivity contribution in [3.05, 3.63) is 70.9 Å². The van der Waals surface area contributed by atoms with E-state index >= 15 is 0 Å². The zero-order valence-corrected chi connectivity index (χ0v) is 44.4. The van der Waals surface area contributed by atoms with E-state index in [0.717, 1.165) is 119 Å². The number of nitrogens with zero attached hydrogens (tertiary/aromatic N) is 7. The van der Waals surface area contributed by atoms with Gasteiger partial charge in [-0.3, -0.25) is 14.5 Å². The van der Waals surface area contributed by atoms with Crippen molar-refractivity contribution >= 4 is 33.6 Å². The lowest BCUT2D eigenvalue weighted by Crippen LogP contribution is -2.36. The van der Waals surface area contributed by atoms with Gasteiger partial charge in [0.2, 0.25) is 0 Å². The molecule has 7 rings (SSSR count). The highest BCUT2D eigenvalue weighted by Gasteiger charge is 2.32. The summed E-state index contributed by atoms with van der Waals surface area (Å²) in [6.07, 6.45) is 20.4. The maximum Gasteiger partial charge on any atom is 0.309 e. The Balaban J connectivity index is 0.000000248. The van der Waals surface area contributed by atoms with Gasteiger partial charge in [0.15, 0.2) is 0 Å². The molecule has 3 heterocycles. The molecule has 0 amide bonds. The third kappa shape index (κ3) is 20.3. The number of carbonyl (C=O) groups excluding carboxylic acids is 2. The third-order valence-corrected chi connectivity index (χ3v) is 14.0. The lowest BCUT2D eigenvalue weighted by Gasteiger charge is -2.36. The van der Waals surface area contributed by atoms with Crippen LogP contribution in [0.1, 0.15) is 138 Å². The van der Waals surface area contributed by atoms with E-state index in [-0.39, 0.29) is 23.8 Å². The first kappa shape index (κ1) is 57.0. The molecule has 2 aromatic carbocycles. The molecule has 2 aliphatic carbocycles. The van der Waals surface area contributed by atoms with Crippen molar-refractivity contribution < 1.29 is 28.5 Å². The number of terminal acetylenes is 1. The topological polar surface area (TPSA) is 166 Å². The molecule has 69 heavy (non-hydrogen) atoms. The van der Waals surface area contributed by atoms with Crippen LogP contribution in [-0.4, -0.2) is 88.8 Å². The lowest BCUT2D eigenvalue weighted by molar-refractivity contribution is -0.150. The number of azide groups is 1. The Bertz CT molecular complexity index is 2020. The lowest BCUT2D eigenvalue weighted by atomic mass is 9.72. The van der Waals surface area contributed by atoms with Gasteiger partial charge >= 0.3 is 11.9 Å². The van der Waals surface area contributed by atoms with Gasteiger partial charge in [0.25, 0.3) is 0 Å². The number of likely N-dealkylation sites (tertiary alicyclic amines) is 1. The van der Waals surface area contributed by atoms with E-state index in [1.54, 1.807) is 12.1 Å². The summed E-state index contributed by atoms with van der Waals surface area (Å²) in [6, 6.07) is 15.5. The monoisotopic (exact) mass is 1020 g/mol. The van der Waals surface area contributed by atoms with Crippen LogP contribution in [0.15, 0.2) is 59.8 Å². The van der Waals surface area contributed by atoms with Gasteiger partial charge in [0, 0.05) is 17.1 Å². The summed E-state index contributed by atoms with van der Waals surface area (Å²) < 4.78 is 24.2. The van der Waals surface area contributed by atoms with Gasteiger partial charge in [-0.05, 0) is 194 Å². The molecule has 15 heteroatoms. The van der Waals surface area contributed by atoms with Crippen LogP contribution in [0.25, 0.3) is 16.1 Å². The predicted molar refractivity (Wildman–Crippen MR) is 278 cm³/mol. The predicted octanol–water partition coefficient (Wildman–Crippen LogP) is 12.2. The highest BCUT2D eigenvalue weighted by Crippen LogP contribution is 2.40. The Morgan fingerprint density at radius 1 is 0.754 bits per heavy atom. The Morgan fingerprint density at radius 3 is 1.62 bits per heavy atom. The van der Waals surface area contributed by atoms with Crippen molar-refractivity contribution in [2.45, 2.75) is 151 Å². The Morgan fingerprint density at radius 2 is 1.20 bits per heavy atom. The number of piperidine rings is 2. The Kier molecular flexibility index (Phi) is 24.4. The quantitative estimate of drug-likeness (QED) is 0.0461. The van der Waals surface area contributed by atoms with E-state index < -0.39 is 0 Å². The molecular formula is C54H81BrN8O6. The van der Waals surface area contributed by atoms with E-state index in [4.69, 9.17) is 30.9 Å². The smallest absolute Gasteiger partial charge is 0.309 e. The molecule has 3 aromatic rings. The maximum atomic E-state index is 11.9. The van der Waals surface area contributed by atoms with Crippen LogP contribution in [0.3, 0.4) is 0 Å². The molecule has 1 N–H and O–H groups in total. The fourth-order valence-electron chi connectivity index (χ4n) is 9.43. The number of hydrogen-bond acceptors (Lipinski definition) is 11. The summed E-state index contributed by atoms with van der Waals surface area (Å²) in [5.74, 6) is 5.83. The van der Waals surface area contributed by atoms with Gasteiger partial charge in [-0.25, -0.2) is 4.68 Å². The maximum absolute atomic E-state index is 11.9. The van der Waals surface area contributed by atoms with Crippen molar-refractivity contribution in [1.29, 1.82) is 0 Å². The van der Waals surface area contributed by atoms with Crippen LogP contribution in [-0.2, 0) is 25.6 Å². The molecule has 380 valence electrons. The second-order valence-electron chi connectivity index (χ2n) is 20.7. The van der Waals surface area contributed by atoms with Crippen molar-refractivity contribution in [2.75, 3.05) is 44.7 Å². The first-order chi connectivity index (χ1) is 33.1. The van der Waals surface area contributed by atoms with E-state index in [1.807, 2.05) is 61.1 Å². The van der Waals surface area contributed by atoms with Gasteiger partial charge in [-0.2, -0.15) is 0 Å². The Hall–Kier alpha value is -4.61. The standard InChI is InChI=1S/C27H40N4O3.C16H23N3O.C8H15NO2.C3H3Br/c1-5-33-26(32)20-14-16-30(17-15-20)18-22-19-31(29-28-22)23-8-12-25(13-9-23)34-24-10-6-21(7-11-24)27(2,3)4;1-16(2,3)12-4-8-14(9-5-12)20-15-10-6-13(7-11-15)18-19-17;1-2-11-8(10)7-3-5-9-6-4-7;1-2-3-4/h8-9,12-13,19-21,24H,5-7,10-11,14-18H2,1-4H3;6-7,10-12,14H,4-5,8-9H2,1-3H3;7,9H,2-6H2,1H3;1H,3H2. The number of halogens is 1. The van der Waals surface area contributed by atoms with Crippen molar-refractivity contribution in [1.82, 2.24) is 25.2 Å². The minimum Gasteiger partial charge on any atom is -0.490 e. The second-order valence-corrected chi connectivity index (χ2v) is 21.2. The number of carbonyl (C=O) groups is 2. The molecule has 2 saturated carbocycles. The molecule has 0 atom stereocenters. The molecule has 0 spiro atoms. The fraction of sp³-hybridized carbons (Fsp3) is 0.667. The average Bonchev–Trinajstić information content (AvgIpc) is 3.82. The molecule has 2 aliphatic heterocycles. The second kappa shape index (κ2) is 29.5. The molecule has 2 saturated heterocycles. The molecular weight excluding hydrogens is 937 g/mol. The summed E-state index contributed by atoms with van der Waals surface area (Å²) in [5.41, 5.74) is 11.7. The van der Waals surface area contributed by atoms with Crippen LogP contribution in [0.2, 0.25) is 0 Å². The highest BCUT2D eigenvalue weighted by molar-refractivity contribution is 9.09. The van der Waals surface area contributed by atoms with Gasteiger partial charge in [0.05, 0.1) is 60.2 Å². The van der Waals surface area contributed by atoms with Crippen LogP contribution in [0.4, 0.5) is 5.69 Å². The Labute approximate surface area is 421 Å². The number of nitrogens with one attached hydrogen (secondary N) is 1. The molecule has 4 fully saturated rings. The van der Waals surface area contributed by atoms with Gasteiger partial charge in [0.1, 0.15) is 11.5 Å². The number of aromatic nitrogens is 3. The van der Waals surface area contributed by atoms with Crippen molar-refractivity contribution in [3.63, 3.8) is 0 Å². The number of esters is 2. The molecule has 14 nitrogen and oxygen atoms in total. The SMILES string of the molecule is C#CCBr.CC(C)(C)C1CCC(Oc2ccc(N=[N+]=[N-])cc2)CC1.CCOC(=O)C1CCN(Cc2cn(-c3ccc(OC4CCC(C(C)(C)C)CC4)cc3)nn2)CC1.CCOC(=O)C1CCNCC1. The first-order valence-corrected chi connectivity index (χ1v) is 26.4. The van der Waals surface area contributed by atoms with Gasteiger partial charge < -0.3 is 24.3 Å². The fourth-order valence-corrected chi connectivity index (χ4v) is 9.43. The van der Waals surface area contributed by atoms with Crippen molar-refractivity contribution in [3.8, 4) is 29.5 Å². The summed E-state index contributed by atoms with van der Waals surface area (Å²) in [4.78, 5) is 28.2. The van der Waals surface area contributed by atoms with Crippen molar-refractivity contribution in [2.24, 2.45) is 39.6 Å². The van der Waals surface area contributed by atoms with Gasteiger partial charge in [-0.1, -0.05) is 73.7 Å². The van der Waals surface area contributed by atoms with Crippen LogP contribution in [0, 0.1) is 46.8 Å². The zero-order chi connectivity index (χ0) is 50.2. The summed E-state index contributed by atoms with van der Waals surface area (Å²) >= 11 is 3.01. The van der Waals surface area contributed by atoms with E-state index in [1.165, 1.54) is 25.7 Å². The van der Waals surface area contributed by atoms with Crippen LogP contribution >= 0.6 is 15.9 Å². The number of rotatable bonds is 12. The molecule has 0 radical (unpaired) electrons. The summed E-state index contributed by atoms with van der Waals surface area (Å²) in [5, 5.41) is 16.1. The molecule has 1 aromatic heterocycles. The molecule has 4 aliphatic rings. The molecule has 0 unspecified atom stereocenters. The van der Waals surface area contributed by atoms with E-state index in [2.05, 4.69) is 93.9 Å². The highest BCUT2D eigenvalue weighted by atomic mass is 79.9. The third-order valence-electron chi connectivity index (χ3n) is 13.7. The summed E-state index contributed by atoms with van der Waals surface area (Å²) in [6.45, 7) is 23.1. The summed E-state index contributed by atoms with van der Waals surface area (Å²) in [7, 11) is 0. The first-order valence-electron chi connectivity index (χ1n) is 25.3. The van der Waals surface area contributed by atoms with E-state index in [9.17, 15) is 9.59 Å². The van der Waals surface area contributed by atoms with Crippen LogP contribution < -0.4 is 14.8 Å². The largest absolute Gasteiger partial charge is 0.490 e.